The minimum absolute atomic E-state index is 0.0895. The fourth-order valence-electron chi connectivity index (χ4n) is 1.16. The SMILES string of the molecule is Cc1cc(NC(=O)CSCC(=O)O)ccc1O. The molecule has 0 saturated heterocycles. The van der Waals surface area contributed by atoms with Crippen molar-refractivity contribution < 1.29 is 19.8 Å². The van der Waals surface area contributed by atoms with E-state index in [1.807, 2.05) is 0 Å². The van der Waals surface area contributed by atoms with Gasteiger partial charge in [-0.1, -0.05) is 0 Å². The highest BCUT2D eigenvalue weighted by Gasteiger charge is 2.05. The lowest BCUT2D eigenvalue weighted by Gasteiger charge is -2.06. The molecule has 3 N–H and O–H groups in total. The first kappa shape index (κ1) is 13.4. The Kier molecular flexibility index (Phi) is 4.84. The van der Waals surface area contributed by atoms with Crippen LogP contribution in [-0.4, -0.2) is 33.6 Å². The Morgan fingerprint density at radius 2 is 2.06 bits per heavy atom. The number of carbonyl (C=O) groups excluding carboxylic acids is 1. The average molecular weight is 255 g/mol. The van der Waals surface area contributed by atoms with E-state index in [2.05, 4.69) is 5.32 Å². The lowest BCUT2D eigenvalue weighted by molar-refractivity contribution is -0.133. The number of benzene rings is 1. The van der Waals surface area contributed by atoms with Crippen LogP contribution in [0.25, 0.3) is 0 Å². The van der Waals surface area contributed by atoms with Crippen molar-refractivity contribution in [3.63, 3.8) is 0 Å². The highest BCUT2D eigenvalue weighted by Crippen LogP contribution is 2.20. The molecule has 0 aromatic heterocycles. The van der Waals surface area contributed by atoms with Crippen LogP contribution in [0, 0.1) is 6.92 Å². The summed E-state index contributed by atoms with van der Waals surface area (Å²) in [5, 5.41) is 20.3. The van der Waals surface area contributed by atoms with Crippen LogP contribution in [-0.2, 0) is 9.59 Å². The van der Waals surface area contributed by atoms with Crippen molar-refractivity contribution in [1.82, 2.24) is 0 Å². The fourth-order valence-corrected chi connectivity index (χ4v) is 1.70. The number of carbonyl (C=O) groups is 2. The Morgan fingerprint density at radius 1 is 1.35 bits per heavy atom. The van der Waals surface area contributed by atoms with Crippen molar-refractivity contribution >= 4 is 29.3 Å². The quantitative estimate of drug-likeness (QED) is 0.693. The van der Waals surface area contributed by atoms with Gasteiger partial charge >= 0.3 is 5.97 Å². The molecule has 1 rings (SSSR count). The molecule has 92 valence electrons. The van der Waals surface area contributed by atoms with Crippen LogP contribution < -0.4 is 5.32 Å². The number of thioether (sulfide) groups is 1. The van der Waals surface area contributed by atoms with Crippen molar-refractivity contribution in [3.05, 3.63) is 23.8 Å². The van der Waals surface area contributed by atoms with E-state index in [0.717, 1.165) is 11.8 Å². The number of aliphatic carboxylic acids is 1. The Morgan fingerprint density at radius 3 is 2.65 bits per heavy atom. The molecule has 0 radical (unpaired) electrons. The molecule has 0 atom stereocenters. The van der Waals surface area contributed by atoms with Gasteiger partial charge in [-0.05, 0) is 30.7 Å². The molecule has 0 fully saturated rings. The fraction of sp³-hybridized carbons (Fsp3) is 0.273. The second-order valence-corrected chi connectivity index (χ2v) is 4.42. The molecule has 1 aromatic rings. The van der Waals surface area contributed by atoms with Crippen molar-refractivity contribution in [2.45, 2.75) is 6.92 Å². The van der Waals surface area contributed by atoms with Gasteiger partial charge in [0, 0.05) is 5.69 Å². The largest absolute Gasteiger partial charge is 0.508 e. The molecule has 0 bridgehead atoms. The number of carboxylic acids is 1. The van der Waals surface area contributed by atoms with Gasteiger partial charge in [0.05, 0.1) is 11.5 Å². The van der Waals surface area contributed by atoms with Crippen LogP contribution in [0.4, 0.5) is 5.69 Å². The molecule has 0 aliphatic carbocycles. The summed E-state index contributed by atoms with van der Waals surface area (Å²) in [6.45, 7) is 1.73. The van der Waals surface area contributed by atoms with Crippen LogP contribution in [0.15, 0.2) is 18.2 Å². The summed E-state index contributed by atoms with van der Waals surface area (Å²) in [4.78, 5) is 21.6. The summed E-state index contributed by atoms with van der Waals surface area (Å²) < 4.78 is 0. The van der Waals surface area contributed by atoms with Crippen LogP contribution in [0.1, 0.15) is 5.56 Å². The Bertz CT molecular complexity index is 433. The number of phenols is 1. The van der Waals surface area contributed by atoms with E-state index in [4.69, 9.17) is 5.11 Å². The smallest absolute Gasteiger partial charge is 0.313 e. The number of aromatic hydroxyl groups is 1. The molecule has 5 nitrogen and oxygen atoms in total. The molecular weight excluding hydrogens is 242 g/mol. The summed E-state index contributed by atoms with van der Waals surface area (Å²) in [7, 11) is 0. The minimum atomic E-state index is -0.941. The second-order valence-electron chi connectivity index (χ2n) is 3.44. The van der Waals surface area contributed by atoms with E-state index < -0.39 is 5.97 Å². The van der Waals surface area contributed by atoms with Gasteiger partial charge in [0.15, 0.2) is 0 Å². The van der Waals surface area contributed by atoms with Crippen LogP contribution in [0.2, 0.25) is 0 Å². The van der Waals surface area contributed by atoms with Crippen molar-refractivity contribution in [3.8, 4) is 5.75 Å². The first-order chi connectivity index (χ1) is 7.99. The third-order valence-corrected chi connectivity index (χ3v) is 2.86. The molecule has 1 amide bonds. The van der Waals surface area contributed by atoms with Gasteiger partial charge in [0.1, 0.15) is 5.75 Å². The van der Waals surface area contributed by atoms with Gasteiger partial charge in [-0.2, -0.15) is 0 Å². The molecule has 6 heteroatoms. The number of rotatable bonds is 5. The zero-order valence-corrected chi connectivity index (χ0v) is 10.1. The van der Waals surface area contributed by atoms with E-state index in [9.17, 15) is 14.7 Å². The van der Waals surface area contributed by atoms with E-state index in [1.54, 1.807) is 19.1 Å². The maximum absolute atomic E-state index is 11.4. The zero-order valence-electron chi connectivity index (χ0n) is 9.27. The Labute approximate surface area is 103 Å². The zero-order chi connectivity index (χ0) is 12.8. The molecule has 0 aliphatic heterocycles. The van der Waals surface area contributed by atoms with E-state index in [-0.39, 0.29) is 23.2 Å². The highest BCUT2D eigenvalue weighted by atomic mass is 32.2. The maximum Gasteiger partial charge on any atom is 0.313 e. The van der Waals surface area contributed by atoms with E-state index in [0.29, 0.717) is 11.3 Å². The highest BCUT2D eigenvalue weighted by molar-refractivity contribution is 8.00. The third-order valence-electron chi connectivity index (χ3n) is 1.94. The first-order valence-corrected chi connectivity index (χ1v) is 6.03. The topological polar surface area (TPSA) is 86.6 Å². The van der Waals surface area contributed by atoms with Gasteiger partial charge in [-0.3, -0.25) is 9.59 Å². The Balaban J connectivity index is 2.45. The first-order valence-electron chi connectivity index (χ1n) is 4.88. The van der Waals surface area contributed by atoms with Crippen molar-refractivity contribution in [2.75, 3.05) is 16.8 Å². The second kappa shape index (κ2) is 6.15. The Hall–Kier alpha value is -1.69. The van der Waals surface area contributed by atoms with Crippen molar-refractivity contribution in [2.24, 2.45) is 0 Å². The number of hydrogen-bond donors (Lipinski definition) is 3. The van der Waals surface area contributed by atoms with Gasteiger partial charge in [-0.25, -0.2) is 0 Å². The maximum atomic E-state index is 11.4. The average Bonchev–Trinajstić information content (AvgIpc) is 2.23. The summed E-state index contributed by atoms with van der Waals surface area (Å²) in [6, 6.07) is 4.73. The lowest BCUT2D eigenvalue weighted by Crippen LogP contribution is -2.15. The standard InChI is InChI=1S/C11H13NO4S/c1-7-4-8(2-3-9(7)13)12-10(14)5-17-6-11(15)16/h2-4,13H,5-6H2,1H3,(H,12,14)(H,15,16). The predicted molar refractivity (Wildman–Crippen MR) is 66.4 cm³/mol. The van der Waals surface area contributed by atoms with E-state index >= 15 is 0 Å². The van der Waals surface area contributed by atoms with Crippen LogP contribution in [0.5, 0.6) is 5.75 Å². The van der Waals surface area contributed by atoms with Crippen LogP contribution in [0.3, 0.4) is 0 Å². The van der Waals surface area contributed by atoms with Gasteiger partial charge < -0.3 is 15.5 Å². The van der Waals surface area contributed by atoms with Gasteiger partial charge in [0.2, 0.25) is 5.91 Å². The molecule has 0 spiro atoms. The number of nitrogens with one attached hydrogen (secondary N) is 1. The minimum Gasteiger partial charge on any atom is -0.508 e. The van der Waals surface area contributed by atoms with Gasteiger partial charge in [-0.15, -0.1) is 11.8 Å². The normalized spacial score (nSPS) is 9.94. The van der Waals surface area contributed by atoms with Crippen molar-refractivity contribution in [1.29, 1.82) is 0 Å². The number of amides is 1. The predicted octanol–water partition coefficient (Wildman–Crippen LogP) is 1.46. The number of hydrogen-bond acceptors (Lipinski definition) is 4. The molecule has 0 saturated carbocycles. The number of aryl methyl sites for hydroxylation is 1. The van der Waals surface area contributed by atoms with Crippen LogP contribution >= 0.6 is 11.8 Å². The number of carboxylic acid groups (broad SMARTS) is 1. The summed E-state index contributed by atoms with van der Waals surface area (Å²) in [6.07, 6.45) is 0. The molecule has 1 aromatic carbocycles. The molecule has 0 unspecified atom stereocenters. The summed E-state index contributed by atoms with van der Waals surface area (Å²) >= 11 is 1.04. The summed E-state index contributed by atoms with van der Waals surface area (Å²) in [5.41, 5.74) is 1.25. The third kappa shape index (κ3) is 4.78. The molecule has 0 aliphatic rings. The monoisotopic (exact) mass is 255 g/mol. The molecule has 17 heavy (non-hydrogen) atoms. The number of phenolic OH excluding ortho intramolecular Hbond substituents is 1. The molecular formula is C11H13NO4S. The van der Waals surface area contributed by atoms with E-state index in [1.165, 1.54) is 6.07 Å². The molecule has 0 heterocycles. The number of anilines is 1. The van der Waals surface area contributed by atoms with Gasteiger partial charge in [0.25, 0.3) is 0 Å². The lowest BCUT2D eigenvalue weighted by atomic mass is 10.2. The summed E-state index contributed by atoms with van der Waals surface area (Å²) in [5.74, 6) is -1.04.